The molecule has 2 aromatic carbocycles. The molecule has 0 atom stereocenters. The number of rotatable bonds is 8. The quantitative estimate of drug-likeness (QED) is 0.491. The predicted molar refractivity (Wildman–Crippen MR) is 96.9 cm³/mol. The first-order valence-corrected chi connectivity index (χ1v) is 9.86. The smallest absolute Gasteiger partial charge is 0.258 e. The van der Waals surface area contributed by atoms with Gasteiger partial charge >= 0.3 is 0 Å². The van der Waals surface area contributed by atoms with Crippen molar-refractivity contribution in [3.05, 3.63) is 53.1 Å². The zero-order chi connectivity index (χ0) is 20.9. The SMILES string of the molecule is CCCN(CC(=O)NO)S(=O)(=O)c1cc(F)c(Oc2ccc(Cl)cc2)c(F)c1. The van der Waals surface area contributed by atoms with Gasteiger partial charge in [0.25, 0.3) is 5.91 Å². The van der Waals surface area contributed by atoms with Crippen LogP contribution in [0, 0.1) is 11.6 Å². The topological polar surface area (TPSA) is 95.9 Å². The second-order valence-electron chi connectivity index (χ2n) is 5.65. The molecule has 0 heterocycles. The number of benzene rings is 2. The summed E-state index contributed by atoms with van der Waals surface area (Å²) >= 11 is 5.73. The number of amides is 1. The maximum atomic E-state index is 14.4. The molecular formula is C17H17ClF2N2O5S. The van der Waals surface area contributed by atoms with Crippen LogP contribution in [0.4, 0.5) is 8.78 Å². The molecule has 7 nitrogen and oxygen atoms in total. The summed E-state index contributed by atoms with van der Waals surface area (Å²) in [6.45, 7) is 0.852. The van der Waals surface area contributed by atoms with Crippen molar-refractivity contribution >= 4 is 27.5 Å². The summed E-state index contributed by atoms with van der Waals surface area (Å²) in [4.78, 5) is 10.7. The van der Waals surface area contributed by atoms with Gasteiger partial charge in [-0.3, -0.25) is 10.0 Å². The van der Waals surface area contributed by atoms with Crippen molar-refractivity contribution in [2.24, 2.45) is 0 Å². The predicted octanol–water partition coefficient (Wildman–Crippen LogP) is 3.32. The van der Waals surface area contributed by atoms with E-state index in [1.165, 1.54) is 29.7 Å². The van der Waals surface area contributed by atoms with E-state index in [9.17, 15) is 22.0 Å². The Morgan fingerprint density at radius 2 is 1.79 bits per heavy atom. The van der Waals surface area contributed by atoms with Crippen molar-refractivity contribution in [2.75, 3.05) is 13.1 Å². The Morgan fingerprint density at radius 3 is 2.29 bits per heavy atom. The number of ether oxygens (including phenoxy) is 1. The summed E-state index contributed by atoms with van der Waals surface area (Å²) in [5.41, 5.74) is 1.32. The zero-order valence-corrected chi connectivity index (χ0v) is 16.2. The van der Waals surface area contributed by atoms with E-state index in [2.05, 4.69) is 0 Å². The summed E-state index contributed by atoms with van der Waals surface area (Å²) in [6, 6.07) is 6.90. The molecule has 0 spiro atoms. The molecule has 0 unspecified atom stereocenters. The van der Waals surface area contributed by atoms with Crippen LogP contribution in [0.15, 0.2) is 41.3 Å². The van der Waals surface area contributed by atoms with Crippen molar-refractivity contribution in [2.45, 2.75) is 18.2 Å². The number of hydrogen-bond acceptors (Lipinski definition) is 5. The van der Waals surface area contributed by atoms with E-state index in [1.807, 2.05) is 0 Å². The van der Waals surface area contributed by atoms with E-state index in [1.54, 1.807) is 6.92 Å². The summed E-state index contributed by atoms with van der Waals surface area (Å²) in [7, 11) is -4.40. The number of carbonyl (C=O) groups excluding carboxylic acids is 1. The van der Waals surface area contributed by atoms with Crippen LogP contribution in [-0.4, -0.2) is 36.9 Å². The van der Waals surface area contributed by atoms with E-state index >= 15 is 0 Å². The third-order valence-corrected chi connectivity index (χ3v) is 5.64. The average Bonchev–Trinajstić information content (AvgIpc) is 2.65. The molecule has 0 radical (unpaired) electrons. The molecule has 2 N–H and O–H groups in total. The first kappa shape index (κ1) is 22.0. The fourth-order valence-electron chi connectivity index (χ4n) is 2.28. The third kappa shape index (κ3) is 5.16. The van der Waals surface area contributed by atoms with Crippen molar-refractivity contribution in [1.82, 2.24) is 9.79 Å². The second kappa shape index (κ2) is 9.28. The molecule has 2 aromatic rings. The number of hydroxylamine groups is 1. The molecule has 11 heteroatoms. The molecule has 2 rings (SSSR count). The number of hydrogen-bond donors (Lipinski definition) is 2. The molecule has 0 saturated carbocycles. The van der Waals surface area contributed by atoms with Gasteiger partial charge in [-0.25, -0.2) is 22.7 Å². The fourth-order valence-corrected chi connectivity index (χ4v) is 3.92. The lowest BCUT2D eigenvalue weighted by molar-refractivity contribution is -0.129. The Hall–Kier alpha value is -2.27. The van der Waals surface area contributed by atoms with Crippen molar-refractivity contribution in [3.63, 3.8) is 0 Å². The highest BCUT2D eigenvalue weighted by Gasteiger charge is 2.28. The van der Waals surface area contributed by atoms with Crippen LogP contribution in [0.5, 0.6) is 11.5 Å². The van der Waals surface area contributed by atoms with Gasteiger partial charge in [0.15, 0.2) is 17.4 Å². The first-order chi connectivity index (χ1) is 13.2. The van der Waals surface area contributed by atoms with Gasteiger partial charge in [0.1, 0.15) is 5.75 Å². The summed E-state index contributed by atoms with van der Waals surface area (Å²) in [6.07, 6.45) is 0.334. The van der Waals surface area contributed by atoms with Gasteiger partial charge in [-0.2, -0.15) is 4.31 Å². The Kier molecular flexibility index (Phi) is 7.30. The minimum absolute atomic E-state index is 0.0952. The third-order valence-electron chi connectivity index (χ3n) is 3.56. The standard InChI is InChI=1S/C17H17ClF2N2O5S/c1-2-7-22(10-16(23)21-24)28(25,26)13-8-14(19)17(15(20)9-13)27-12-5-3-11(18)4-6-12/h3-6,8-9,24H,2,7,10H2,1H3,(H,21,23). The average molecular weight is 435 g/mol. The zero-order valence-electron chi connectivity index (χ0n) is 14.7. The van der Waals surface area contributed by atoms with E-state index in [0.29, 0.717) is 27.9 Å². The van der Waals surface area contributed by atoms with Gasteiger partial charge in [0.2, 0.25) is 10.0 Å². The molecule has 152 valence electrons. The highest BCUT2D eigenvalue weighted by Crippen LogP contribution is 2.31. The number of nitrogens with one attached hydrogen (secondary N) is 1. The molecule has 0 aliphatic rings. The minimum Gasteiger partial charge on any atom is -0.451 e. The maximum absolute atomic E-state index is 14.4. The Labute approximate surface area is 165 Å². The minimum atomic E-state index is -4.40. The van der Waals surface area contributed by atoms with Gasteiger partial charge in [0, 0.05) is 11.6 Å². The molecule has 28 heavy (non-hydrogen) atoms. The highest BCUT2D eigenvalue weighted by molar-refractivity contribution is 7.89. The number of halogens is 3. The molecule has 0 bridgehead atoms. The van der Waals surface area contributed by atoms with E-state index < -0.39 is 44.8 Å². The largest absolute Gasteiger partial charge is 0.451 e. The van der Waals surface area contributed by atoms with E-state index in [-0.39, 0.29) is 12.3 Å². The Bertz CT molecular complexity index is 932. The van der Waals surface area contributed by atoms with Gasteiger partial charge in [-0.15, -0.1) is 0 Å². The lowest BCUT2D eigenvalue weighted by Gasteiger charge is -2.21. The van der Waals surface area contributed by atoms with Crippen molar-refractivity contribution in [3.8, 4) is 11.5 Å². The lowest BCUT2D eigenvalue weighted by atomic mass is 10.3. The maximum Gasteiger partial charge on any atom is 0.258 e. The van der Waals surface area contributed by atoms with Gasteiger partial charge in [-0.1, -0.05) is 18.5 Å². The second-order valence-corrected chi connectivity index (χ2v) is 8.02. The molecular weight excluding hydrogens is 418 g/mol. The monoisotopic (exact) mass is 434 g/mol. The first-order valence-electron chi connectivity index (χ1n) is 8.04. The van der Waals surface area contributed by atoms with Crippen LogP contribution < -0.4 is 10.2 Å². The van der Waals surface area contributed by atoms with Crippen LogP contribution in [0.2, 0.25) is 5.02 Å². The summed E-state index contributed by atoms with van der Waals surface area (Å²) < 4.78 is 59.9. The Balaban J connectivity index is 2.37. The van der Waals surface area contributed by atoms with Crippen molar-refractivity contribution in [1.29, 1.82) is 0 Å². The van der Waals surface area contributed by atoms with Gasteiger partial charge in [0.05, 0.1) is 11.4 Å². The summed E-state index contributed by atoms with van der Waals surface area (Å²) in [5, 5.41) is 9.00. The van der Waals surface area contributed by atoms with Crippen LogP contribution in [0.3, 0.4) is 0 Å². The fraction of sp³-hybridized carbons (Fsp3) is 0.235. The van der Waals surface area contributed by atoms with Crippen LogP contribution in [-0.2, 0) is 14.8 Å². The van der Waals surface area contributed by atoms with Gasteiger partial charge in [-0.05, 0) is 42.8 Å². The number of carbonyl (C=O) groups is 1. The van der Waals surface area contributed by atoms with E-state index in [0.717, 1.165) is 0 Å². The highest BCUT2D eigenvalue weighted by atomic mass is 35.5. The molecule has 0 saturated heterocycles. The summed E-state index contributed by atoms with van der Waals surface area (Å²) in [5.74, 6) is -4.14. The van der Waals surface area contributed by atoms with Crippen LogP contribution >= 0.6 is 11.6 Å². The van der Waals surface area contributed by atoms with Crippen LogP contribution in [0.1, 0.15) is 13.3 Å². The molecule has 1 amide bonds. The van der Waals surface area contributed by atoms with Crippen LogP contribution in [0.25, 0.3) is 0 Å². The van der Waals surface area contributed by atoms with Gasteiger partial charge < -0.3 is 4.74 Å². The number of nitrogens with zero attached hydrogens (tertiary/aromatic N) is 1. The van der Waals surface area contributed by atoms with Crippen molar-refractivity contribution < 1.29 is 31.9 Å². The molecule has 0 aromatic heterocycles. The molecule has 0 aliphatic carbocycles. The molecule has 0 fully saturated rings. The lowest BCUT2D eigenvalue weighted by Crippen LogP contribution is -2.40. The normalized spacial score (nSPS) is 11.5. The number of sulfonamides is 1. The molecule has 0 aliphatic heterocycles. The van der Waals surface area contributed by atoms with E-state index in [4.69, 9.17) is 21.5 Å². The Morgan fingerprint density at radius 1 is 1.21 bits per heavy atom.